The molecule has 0 aromatic heterocycles. The Morgan fingerprint density at radius 1 is 1.56 bits per heavy atom. The summed E-state index contributed by atoms with van der Waals surface area (Å²) in [6.45, 7) is 12.1. The lowest BCUT2D eigenvalue weighted by molar-refractivity contribution is -0.127. The third-order valence-corrected chi connectivity index (χ3v) is 3.12. The lowest BCUT2D eigenvalue weighted by atomic mass is 9.86. The molecule has 2 atom stereocenters. The van der Waals surface area contributed by atoms with Gasteiger partial charge in [-0.25, -0.2) is 4.79 Å². The van der Waals surface area contributed by atoms with Gasteiger partial charge in [-0.05, 0) is 26.7 Å². The van der Waals surface area contributed by atoms with Gasteiger partial charge in [0.2, 0.25) is 0 Å². The first-order valence-corrected chi connectivity index (χ1v) is 6.38. The fourth-order valence-electron chi connectivity index (χ4n) is 1.98. The van der Waals surface area contributed by atoms with E-state index in [9.17, 15) is 9.59 Å². The Hall–Kier alpha value is -1.32. The van der Waals surface area contributed by atoms with Crippen LogP contribution < -0.4 is 0 Å². The maximum atomic E-state index is 11.9. The fraction of sp³-hybridized carbons (Fsp3) is 0.714. The third kappa shape index (κ3) is 3.86. The van der Waals surface area contributed by atoms with Gasteiger partial charge in [-0.2, -0.15) is 0 Å². The Bertz CT molecular complexity index is 343. The summed E-state index contributed by atoms with van der Waals surface area (Å²) < 4.78 is 5.32. The van der Waals surface area contributed by atoms with Crippen molar-refractivity contribution < 1.29 is 14.3 Å². The number of allylic oxidation sites excluding steroid dienone is 1. The number of nitrogens with zero attached hydrogens (tertiary/aromatic N) is 1. The number of amides is 1. The van der Waals surface area contributed by atoms with E-state index >= 15 is 0 Å². The van der Waals surface area contributed by atoms with Crippen LogP contribution in [0.4, 0.5) is 4.79 Å². The maximum absolute atomic E-state index is 11.9. The number of carbonyl (C=O) groups is 2. The SMILES string of the molecule is C=CC(C)C1CN(C(=O)OC(C)(C)C)CCC1=O. The first-order chi connectivity index (χ1) is 8.24. The number of ketones is 1. The minimum Gasteiger partial charge on any atom is -0.444 e. The van der Waals surface area contributed by atoms with Gasteiger partial charge >= 0.3 is 6.09 Å². The Morgan fingerprint density at radius 2 is 2.17 bits per heavy atom. The van der Waals surface area contributed by atoms with Gasteiger partial charge in [-0.3, -0.25) is 4.79 Å². The van der Waals surface area contributed by atoms with Crippen molar-refractivity contribution in [2.24, 2.45) is 11.8 Å². The van der Waals surface area contributed by atoms with Gasteiger partial charge in [0.15, 0.2) is 0 Å². The lowest BCUT2D eigenvalue weighted by Gasteiger charge is -2.34. The second-order valence-corrected chi connectivity index (χ2v) is 5.84. The zero-order valence-corrected chi connectivity index (χ0v) is 11.7. The molecule has 0 N–H and O–H groups in total. The second-order valence-electron chi connectivity index (χ2n) is 5.84. The monoisotopic (exact) mass is 253 g/mol. The van der Waals surface area contributed by atoms with Gasteiger partial charge in [0.1, 0.15) is 11.4 Å². The lowest BCUT2D eigenvalue weighted by Crippen LogP contribution is -2.47. The van der Waals surface area contributed by atoms with Crippen molar-refractivity contribution in [3.05, 3.63) is 12.7 Å². The van der Waals surface area contributed by atoms with Crippen LogP contribution in [0.1, 0.15) is 34.1 Å². The first kappa shape index (κ1) is 14.7. The molecule has 1 amide bonds. The van der Waals surface area contributed by atoms with Crippen molar-refractivity contribution >= 4 is 11.9 Å². The Kier molecular flexibility index (Phi) is 4.54. The standard InChI is InChI=1S/C14H23NO3/c1-6-10(2)11-9-15(8-7-12(11)16)13(17)18-14(3,4)5/h6,10-11H,1,7-9H2,2-5H3. The fourth-order valence-corrected chi connectivity index (χ4v) is 1.98. The van der Waals surface area contributed by atoms with Gasteiger partial charge in [0, 0.05) is 25.4 Å². The number of rotatable bonds is 2. The van der Waals surface area contributed by atoms with Crippen LogP contribution in [0, 0.1) is 11.8 Å². The van der Waals surface area contributed by atoms with Gasteiger partial charge in [0.05, 0.1) is 0 Å². The van der Waals surface area contributed by atoms with E-state index in [1.165, 1.54) is 0 Å². The van der Waals surface area contributed by atoms with Crippen molar-refractivity contribution in [3.8, 4) is 0 Å². The van der Waals surface area contributed by atoms with Crippen LogP contribution in [0.15, 0.2) is 12.7 Å². The van der Waals surface area contributed by atoms with Crippen LogP contribution >= 0.6 is 0 Å². The quantitative estimate of drug-likeness (QED) is 0.711. The van der Waals surface area contributed by atoms with E-state index in [2.05, 4.69) is 6.58 Å². The van der Waals surface area contributed by atoms with Crippen molar-refractivity contribution in [3.63, 3.8) is 0 Å². The van der Waals surface area contributed by atoms with E-state index in [-0.39, 0.29) is 23.7 Å². The molecule has 0 aromatic carbocycles. The van der Waals surface area contributed by atoms with Crippen LogP contribution in [0.3, 0.4) is 0 Å². The summed E-state index contributed by atoms with van der Waals surface area (Å²) in [5.41, 5.74) is -0.502. The summed E-state index contributed by atoms with van der Waals surface area (Å²) >= 11 is 0. The van der Waals surface area contributed by atoms with Crippen molar-refractivity contribution in [1.82, 2.24) is 4.90 Å². The Morgan fingerprint density at radius 3 is 2.67 bits per heavy atom. The molecule has 1 heterocycles. The molecule has 4 heteroatoms. The molecule has 0 bridgehead atoms. The molecule has 1 aliphatic heterocycles. The molecular formula is C14H23NO3. The highest BCUT2D eigenvalue weighted by Gasteiger charge is 2.34. The van der Waals surface area contributed by atoms with E-state index < -0.39 is 5.60 Å². The van der Waals surface area contributed by atoms with E-state index in [0.717, 1.165) is 0 Å². The van der Waals surface area contributed by atoms with Crippen LogP contribution in [0.2, 0.25) is 0 Å². The largest absolute Gasteiger partial charge is 0.444 e. The predicted octanol–water partition coefficient (Wildman–Crippen LogP) is 2.63. The smallest absolute Gasteiger partial charge is 0.410 e. The highest BCUT2D eigenvalue weighted by atomic mass is 16.6. The van der Waals surface area contributed by atoms with Gasteiger partial charge < -0.3 is 9.64 Å². The number of likely N-dealkylation sites (tertiary alicyclic amines) is 1. The van der Waals surface area contributed by atoms with E-state index in [0.29, 0.717) is 19.5 Å². The molecule has 18 heavy (non-hydrogen) atoms. The topological polar surface area (TPSA) is 46.6 Å². The van der Waals surface area contributed by atoms with Crippen LogP contribution in [-0.2, 0) is 9.53 Å². The molecule has 0 aromatic rings. The first-order valence-electron chi connectivity index (χ1n) is 6.38. The van der Waals surface area contributed by atoms with Crippen LogP contribution in [-0.4, -0.2) is 35.5 Å². The highest BCUT2D eigenvalue weighted by molar-refractivity contribution is 5.84. The maximum Gasteiger partial charge on any atom is 0.410 e. The highest BCUT2D eigenvalue weighted by Crippen LogP contribution is 2.23. The molecular weight excluding hydrogens is 230 g/mol. The molecule has 102 valence electrons. The minimum absolute atomic E-state index is 0.0859. The summed E-state index contributed by atoms with van der Waals surface area (Å²) in [5.74, 6) is 0.147. The molecule has 1 rings (SSSR count). The van der Waals surface area contributed by atoms with Crippen LogP contribution in [0.5, 0.6) is 0 Å². The van der Waals surface area contributed by atoms with E-state index in [1.54, 1.807) is 11.0 Å². The van der Waals surface area contributed by atoms with E-state index in [4.69, 9.17) is 4.74 Å². The summed E-state index contributed by atoms with van der Waals surface area (Å²) in [7, 11) is 0. The number of hydrogen-bond donors (Lipinski definition) is 0. The van der Waals surface area contributed by atoms with Gasteiger partial charge in [0.25, 0.3) is 0 Å². The molecule has 1 saturated heterocycles. The molecule has 0 saturated carbocycles. The summed E-state index contributed by atoms with van der Waals surface area (Å²) in [5, 5.41) is 0. The summed E-state index contributed by atoms with van der Waals surface area (Å²) in [4.78, 5) is 25.4. The zero-order valence-electron chi connectivity index (χ0n) is 11.7. The van der Waals surface area contributed by atoms with Crippen molar-refractivity contribution in [2.75, 3.05) is 13.1 Å². The average molecular weight is 253 g/mol. The molecule has 0 spiro atoms. The average Bonchev–Trinajstić information content (AvgIpc) is 2.26. The number of piperidine rings is 1. The molecule has 0 aliphatic carbocycles. The molecule has 0 radical (unpaired) electrons. The normalized spacial score (nSPS) is 22.6. The number of ether oxygens (including phenoxy) is 1. The molecule has 2 unspecified atom stereocenters. The minimum atomic E-state index is -0.502. The number of Topliss-reactive ketones (excluding diaryl/α,β-unsaturated/α-hetero) is 1. The number of carbonyl (C=O) groups excluding carboxylic acids is 2. The van der Waals surface area contributed by atoms with Crippen molar-refractivity contribution in [2.45, 2.75) is 39.7 Å². The summed E-state index contributed by atoms with van der Waals surface area (Å²) in [6.07, 6.45) is 1.83. The Labute approximate surface area is 109 Å². The summed E-state index contributed by atoms with van der Waals surface area (Å²) in [6, 6.07) is 0. The molecule has 1 aliphatic rings. The second kappa shape index (κ2) is 5.55. The Balaban J connectivity index is 2.67. The zero-order chi connectivity index (χ0) is 13.9. The van der Waals surface area contributed by atoms with E-state index in [1.807, 2.05) is 27.7 Å². The number of hydrogen-bond acceptors (Lipinski definition) is 3. The van der Waals surface area contributed by atoms with Crippen LogP contribution in [0.25, 0.3) is 0 Å². The van der Waals surface area contributed by atoms with Crippen molar-refractivity contribution in [1.29, 1.82) is 0 Å². The predicted molar refractivity (Wildman–Crippen MR) is 70.3 cm³/mol. The third-order valence-electron chi connectivity index (χ3n) is 3.12. The van der Waals surface area contributed by atoms with Gasteiger partial charge in [-0.15, -0.1) is 6.58 Å². The molecule has 4 nitrogen and oxygen atoms in total. The molecule has 1 fully saturated rings. The van der Waals surface area contributed by atoms with Gasteiger partial charge in [-0.1, -0.05) is 13.0 Å².